The van der Waals surface area contributed by atoms with Gasteiger partial charge in [-0.3, -0.25) is 4.79 Å². The van der Waals surface area contributed by atoms with Gasteiger partial charge in [0.05, 0.1) is 41.7 Å². The second-order valence-electron chi connectivity index (χ2n) is 7.54. The molecule has 182 valence electrons. The molecular formula is C27H22BrN3O5. The number of pyridine rings is 1. The highest BCUT2D eigenvalue weighted by atomic mass is 79.9. The van der Waals surface area contributed by atoms with Crippen molar-refractivity contribution in [2.75, 3.05) is 20.8 Å². The smallest absolute Gasteiger partial charge is 0.343 e. The van der Waals surface area contributed by atoms with E-state index in [1.165, 1.54) is 20.4 Å². The number of hydrogen-bond acceptors (Lipinski definition) is 7. The molecular weight excluding hydrogens is 526 g/mol. The van der Waals surface area contributed by atoms with Gasteiger partial charge in [-0.25, -0.2) is 15.2 Å². The molecule has 0 aliphatic heterocycles. The van der Waals surface area contributed by atoms with Gasteiger partial charge in [-0.1, -0.05) is 48.5 Å². The van der Waals surface area contributed by atoms with Crippen molar-refractivity contribution in [2.24, 2.45) is 5.10 Å². The van der Waals surface area contributed by atoms with Crippen LogP contribution in [0.1, 0.15) is 15.9 Å². The molecule has 0 unspecified atom stereocenters. The molecule has 0 bridgehead atoms. The van der Waals surface area contributed by atoms with Gasteiger partial charge in [0, 0.05) is 10.9 Å². The van der Waals surface area contributed by atoms with Crippen molar-refractivity contribution in [1.29, 1.82) is 0 Å². The number of hydrogen-bond donors (Lipinski definition) is 1. The van der Waals surface area contributed by atoms with Crippen LogP contribution in [0.3, 0.4) is 0 Å². The fraction of sp³-hybridized carbons (Fsp3) is 0.111. The van der Waals surface area contributed by atoms with E-state index in [1.807, 2.05) is 54.6 Å². The third kappa shape index (κ3) is 5.69. The molecule has 3 aromatic carbocycles. The monoisotopic (exact) mass is 547 g/mol. The van der Waals surface area contributed by atoms with Gasteiger partial charge in [0.25, 0.3) is 5.91 Å². The summed E-state index contributed by atoms with van der Waals surface area (Å²) in [7, 11) is 2.76. The zero-order valence-electron chi connectivity index (χ0n) is 19.5. The maximum Gasteiger partial charge on any atom is 0.343 e. The average molecular weight is 548 g/mol. The Morgan fingerprint density at radius 1 is 1.03 bits per heavy atom. The van der Waals surface area contributed by atoms with Crippen molar-refractivity contribution in [2.45, 2.75) is 0 Å². The van der Waals surface area contributed by atoms with E-state index in [-0.39, 0.29) is 12.5 Å². The average Bonchev–Trinajstić information content (AvgIpc) is 2.91. The van der Waals surface area contributed by atoms with Crippen LogP contribution in [0, 0.1) is 0 Å². The van der Waals surface area contributed by atoms with E-state index in [2.05, 4.69) is 31.2 Å². The molecule has 0 spiro atoms. The number of benzene rings is 3. The number of para-hydroxylation sites is 1. The first-order valence-corrected chi connectivity index (χ1v) is 11.6. The van der Waals surface area contributed by atoms with Gasteiger partial charge < -0.3 is 14.2 Å². The molecule has 4 aromatic rings. The molecule has 9 heteroatoms. The van der Waals surface area contributed by atoms with Crippen molar-refractivity contribution in [3.63, 3.8) is 0 Å². The van der Waals surface area contributed by atoms with E-state index in [0.29, 0.717) is 38.3 Å². The molecule has 1 amide bonds. The number of amides is 1. The lowest BCUT2D eigenvalue weighted by molar-refractivity contribution is -0.142. The molecule has 0 radical (unpaired) electrons. The van der Waals surface area contributed by atoms with Crippen molar-refractivity contribution < 1.29 is 23.8 Å². The summed E-state index contributed by atoms with van der Waals surface area (Å²) in [5.41, 5.74) is 6.00. The minimum atomic E-state index is -0.517. The van der Waals surface area contributed by atoms with Crippen LogP contribution in [0.5, 0.6) is 11.5 Å². The van der Waals surface area contributed by atoms with Crippen LogP contribution in [0.15, 0.2) is 82.4 Å². The van der Waals surface area contributed by atoms with Crippen molar-refractivity contribution >= 4 is 44.9 Å². The first-order valence-electron chi connectivity index (χ1n) is 10.9. The number of carbonyl (C=O) groups excluding carboxylic acids is 2. The molecule has 0 aliphatic rings. The third-order valence-corrected chi connectivity index (χ3v) is 5.81. The molecule has 36 heavy (non-hydrogen) atoms. The largest absolute Gasteiger partial charge is 0.493 e. The number of nitrogens with zero attached hydrogens (tertiary/aromatic N) is 2. The summed E-state index contributed by atoms with van der Waals surface area (Å²) in [6, 6.07) is 22.3. The van der Waals surface area contributed by atoms with E-state index in [0.717, 1.165) is 10.9 Å². The zero-order valence-corrected chi connectivity index (χ0v) is 21.1. The predicted octanol–water partition coefficient (Wildman–Crippen LogP) is 4.99. The quantitative estimate of drug-likeness (QED) is 0.189. The van der Waals surface area contributed by atoms with Gasteiger partial charge in [0.1, 0.15) is 0 Å². The Morgan fingerprint density at radius 2 is 1.78 bits per heavy atom. The van der Waals surface area contributed by atoms with Gasteiger partial charge in [0.2, 0.25) is 0 Å². The summed E-state index contributed by atoms with van der Waals surface area (Å²) >= 11 is 3.41. The van der Waals surface area contributed by atoms with Crippen molar-refractivity contribution in [3.8, 4) is 22.8 Å². The van der Waals surface area contributed by atoms with Crippen molar-refractivity contribution in [1.82, 2.24) is 10.4 Å². The summed E-state index contributed by atoms with van der Waals surface area (Å²) in [6.07, 6.45) is 1.48. The van der Waals surface area contributed by atoms with Gasteiger partial charge in [-0.15, -0.1) is 0 Å². The number of hydrazone groups is 1. The molecule has 0 fully saturated rings. The number of esters is 1. The van der Waals surface area contributed by atoms with Crippen LogP contribution in [0.4, 0.5) is 0 Å². The number of fused-ring (bicyclic) bond motifs is 1. The zero-order chi connectivity index (χ0) is 25.5. The van der Waals surface area contributed by atoms with E-state index in [4.69, 9.17) is 14.5 Å². The number of nitrogens with one attached hydrogen (secondary N) is 1. The first-order chi connectivity index (χ1) is 17.5. The lowest BCUT2D eigenvalue weighted by Gasteiger charge is -2.12. The molecule has 4 rings (SSSR count). The molecule has 1 N–H and O–H groups in total. The summed E-state index contributed by atoms with van der Waals surface area (Å²) < 4.78 is 16.0. The summed E-state index contributed by atoms with van der Waals surface area (Å²) in [6.45, 7) is -0.264. The summed E-state index contributed by atoms with van der Waals surface area (Å²) in [4.78, 5) is 29.2. The maximum atomic E-state index is 13.1. The minimum absolute atomic E-state index is 0.264. The van der Waals surface area contributed by atoms with E-state index >= 15 is 0 Å². The van der Waals surface area contributed by atoms with Gasteiger partial charge in [-0.2, -0.15) is 5.10 Å². The topological polar surface area (TPSA) is 99.1 Å². The minimum Gasteiger partial charge on any atom is -0.493 e. The Bertz CT molecular complexity index is 1440. The number of ether oxygens (including phenoxy) is 3. The van der Waals surface area contributed by atoms with Crippen molar-refractivity contribution in [3.05, 3.63) is 88.4 Å². The van der Waals surface area contributed by atoms with E-state index in [9.17, 15) is 9.59 Å². The van der Waals surface area contributed by atoms with E-state index in [1.54, 1.807) is 18.2 Å². The third-order valence-electron chi connectivity index (χ3n) is 5.22. The molecule has 0 atom stereocenters. The fourth-order valence-electron chi connectivity index (χ4n) is 3.49. The van der Waals surface area contributed by atoms with Crippen LogP contribution < -0.4 is 14.9 Å². The highest BCUT2D eigenvalue weighted by Crippen LogP contribution is 2.36. The molecule has 0 saturated heterocycles. The highest BCUT2D eigenvalue weighted by molar-refractivity contribution is 9.10. The highest BCUT2D eigenvalue weighted by Gasteiger charge is 2.15. The standard InChI is InChI=1S/C27H22BrN3O5/c1-34-24-13-17(12-21(28)26(24)36-16-25(32)35-2)15-29-31-27(33)20-14-23(18-8-4-3-5-9-18)30-22-11-7-6-10-19(20)22/h3-15H,16H2,1-2H3,(H,31,33)/b29-15+. The van der Waals surface area contributed by atoms with Crippen LogP contribution >= 0.6 is 15.9 Å². The summed E-state index contributed by atoms with van der Waals surface area (Å²) in [5, 5.41) is 4.85. The van der Waals surface area contributed by atoms with Crippen LogP contribution in [0.25, 0.3) is 22.2 Å². The van der Waals surface area contributed by atoms with Gasteiger partial charge in [-0.05, 0) is 45.8 Å². The maximum absolute atomic E-state index is 13.1. The molecule has 1 aromatic heterocycles. The lowest BCUT2D eigenvalue weighted by atomic mass is 10.0. The molecule has 8 nitrogen and oxygen atoms in total. The van der Waals surface area contributed by atoms with Gasteiger partial charge >= 0.3 is 5.97 Å². The Balaban J connectivity index is 1.57. The second kappa shape index (κ2) is 11.5. The number of methoxy groups -OCH3 is 2. The van der Waals surface area contributed by atoms with Gasteiger partial charge in [0.15, 0.2) is 18.1 Å². The molecule has 0 aliphatic carbocycles. The van der Waals surface area contributed by atoms with Crippen LogP contribution in [-0.4, -0.2) is 43.9 Å². The SMILES string of the molecule is COC(=O)COc1c(Br)cc(/C=N/NC(=O)c2cc(-c3ccccc3)nc3ccccc23)cc1OC. The second-order valence-corrected chi connectivity index (χ2v) is 8.39. The number of halogens is 1. The number of rotatable bonds is 8. The molecule has 0 saturated carbocycles. The number of aromatic nitrogens is 1. The normalized spacial score (nSPS) is 10.9. The van der Waals surface area contributed by atoms with E-state index < -0.39 is 5.97 Å². The first kappa shape index (κ1) is 24.9. The predicted molar refractivity (Wildman–Crippen MR) is 140 cm³/mol. The lowest BCUT2D eigenvalue weighted by Crippen LogP contribution is -2.18. The Hall–Kier alpha value is -4.24. The Morgan fingerprint density at radius 3 is 2.53 bits per heavy atom. The Kier molecular flexibility index (Phi) is 7.92. The summed E-state index contributed by atoms with van der Waals surface area (Å²) in [5.74, 6) is -0.156. The Labute approximate surface area is 216 Å². The fourth-order valence-corrected chi connectivity index (χ4v) is 4.06. The number of carbonyl (C=O) groups is 2. The van der Waals surface area contributed by atoms with Crippen LogP contribution in [0.2, 0.25) is 0 Å². The molecule has 1 heterocycles. The van der Waals surface area contributed by atoms with Crippen LogP contribution in [-0.2, 0) is 9.53 Å².